The van der Waals surface area contributed by atoms with Crippen LogP contribution in [-0.2, 0) is 6.54 Å². The summed E-state index contributed by atoms with van der Waals surface area (Å²) in [4.78, 5) is 29.5. The van der Waals surface area contributed by atoms with Gasteiger partial charge in [-0.2, -0.15) is 0 Å². The maximum absolute atomic E-state index is 13.2. The van der Waals surface area contributed by atoms with Crippen molar-refractivity contribution in [1.82, 2.24) is 4.90 Å². The number of hydrogen-bond acceptors (Lipinski definition) is 2. The fourth-order valence-corrected chi connectivity index (χ4v) is 3.94. The van der Waals surface area contributed by atoms with E-state index in [9.17, 15) is 9.59 Å². The van der Waals surface area contributed by atoms with Crippen LogP contribution in [0.1, 0.15) is 27.9 Å². The lowest BCUT2D eigenvalue weighted by Crippen LogP contribution is -2.49. The molecular weight excluding hydrogens is 410 g/mol. The average molecular weight is 434 g/mol. The van der Waals surface area contributed by atoms with E-state index >= 15 is 0 Å². The molecule has 1 fully saturated rings. The summed E-state index contributed by atoms with van der Waals surface area (Å²) >= 11 is 6.00. The first kappa shape index (κ1) is 20.9. The number of aryl methyl sites for hydroxylation is 1. The van der Waals surface area contributed by atoms with Gasteiger partial charge in [-0.15, -0.1) is 0 Å². The number of nitrogens with zero attached hydrogens (tertiary/aromatic N) is 2. The van der Waals surface area contributed by atoms with Crippen molar-refractivity contribution in [2.75, 3.05) is 23.3 Å². The standard InChI is InChI=1S/C25H24ClN3O2/c1-18-7-2-3-8-20(18)17-28-13-6-14-29(25(28)31)23-12-4-9-19(15-23)24(30)27-22-11-5-10-21(26)16-22/h2-5,7-12,15-16H,6,13-14,17H2,1H3,(H,27,30). The van der Waals surface area contributed by atoms with Crippen LogP contribution in [0.15, 0.2) is 72.8 Å². The molecule has 0 radical (unpaired) electrons. The summed E-state index contributed by atoms with van der Waals surface area (Å²) in [6.45, 7) is 3.99. The van der Waals surface area contributed by atoms with Crippen molar-refractivity contribution >= 4 is 34.9 Å². The van der Waals surface area contributed by atoms with Gasteiger partial charge in [0.05, 0.1) is 0 Å². The van der Waals surface area contributed by atoms with Gasteiger partial charge in [0.2, 0.25) is 0 Å². The number of hydrogen-bond donors (Lipinski definition) is 1. The molecule has 0 unspecified atom stereocenters. The van der Waals surface area contributed by atoms with Gasteiger partial charge < -0.3 is 10.2 Å². The third kappa shape index (κ3) is 4.89. The zero-order chi connectivity index (χ0) is 21.8. The van der Waals surface area contributed by atoms with Gasteiger partial charge >= 0.3 is 6.03 Å². The van der Waals surface area contributed by atoms with Crippen LogP contribution in [0, 0.1) is 6.92 Å². The monoisotopic (exact) mass is 433 g/mol. The predicted molar refractivity (Wildman–Crippen MR) is 125 cm³/mol. The summed E-state index contributed by atoms with van der Waals surface area (Å²) in [5, 5.41) is 3.41. The summed E-state index contributed by atoms with van der Waals surface area (Å²) < 4.78 is 0. The number of rotatable bonds is 5. The van der Waals surface area contributed by atoms with E-state index in [0.29, 0.717) is 29.4 Å². The molecule has 0 bridgehead atoms. The molecule has 6 heteroatoms. The number of halogens is 1. The van der Waals surface area contributed by atoms with Gasteiger partial charge in [0.15, 0.2) is 0 Å². The SMILES string of the molecule is Cc1ccccc1CN1CCCN(c2cccc(C(=O)Nc3cccc(Cl)c3)c2)C1=O. The molecule has 31 heavy (non-hydrogen) atoms. The third-order valence-electron chi connectivity index (χ3n) is 5.44. The van der Waals surface area contributed by atoms with Crippen LogP contribution in [-0.4, -0.2) is 29.9 Å². The van der Waals surface area contributed by atoms with Gasteiger partial charge in [-0.3, -0.25) is 9.69 Å². The minimum atomic E-state index is -0.245. The van der Waals surface area contributed by atoms with Gasteiger partial charge in [0.1, 0.15) is 0 Å². The second kappa shape index (κ2) is 9.23. The first-order valence-electron chi connectivity index (χ1n) is 10.3. The number of nitrogens with one attached hydrogen (secondary N) is 1. The lowest BCUT2D eigenvalue weighted by atomic mass is 10.1. The maximum Gasteiger partial charge on any atom is 0.324 e. The Morgan fingerprint density at radius 1 is 1.00 bits per heavy atom. The Morgan fingerprint density at radius 2 is 1.81 bits per heavy atom. The second-order valence-corrected chi connectivity index (χ2v) is 8.09. The molecule has 5 nitrogen and oxygen atoms in total. The maximum atomic E-state index is 13.2. The summed E-state index contributed by atoms with van der Waals surface area (Å²) in [6.07, 6.45) is 0.872. The minimum absolute atomic E-state index is 0.0399. The molecule has 1 heterocycles. The van der Waals surface area contributed by atoms with Crippen molar-refractivity contribution < 1.29 is 9.59 Å². The zero-order valence-corrected chi connectivity index (χ0v) is 18.1. The van der Waals surface area contributed by atoms with Crippen molar-refractivity contribution in [1.29, 1.82) is 0 Å². The van der Waals surface area contributed by atoms with Crippen LogP contribution in [0.4, 0.5) is 16.2 Å². The van der Waals surface area contributed by atoms with Crippen molar-refractivity contribution in [3.05, 3.63) is 94.5 Å². The number of carbonyl (C=O) groups is 2. The highest BCUT2D eigenvalue weighted by Gasteiger charge is 2.27. The first-order chi connectivity index (χ1) is 15.0. The van der Waals surface area contributed by atoms with E-state index < -0.39 is 0 Å². The number of anilines is 2. The summed E-state index contributed by atoms with van der Waals surface area (Å²) in [7, 11) is 0. The summed E-state index contributed by atoms with van der Waals surface area (Å²) in [6, 6.07) is 22.3. The fourth-order valence-electron chi connectivity index (χ4n) is 3.75. The predicted octanol–water partition coefficient (Wildman–Crippen LogP) is 5.73. The molecule has 158 valence electrons. The molecule has 3 aromatic rings. The Kier molecular flexibility index (Phi) is 6.23. The highest BCUT2D eigenvalue weighted by atomic mass is 35.5. The van der Waals surface area contributed by atoms with E-state index in [1.165, 1.54) is 5.56 Å². The van der Waals surface area contributed by atoms with Gasteiger partial charge in [0.25, 0.3) is 5.91 Å². The largest absolute Gasteiger partial charge is 0.324 e. The molecule has 3 aromatic carbocycles. The Labute approximate surface area is 187 Å². The lowest BCUT2D eigenvalue weighted by Gasteiger charge is -2.36. The Bertz CT molecular complexity index is 1120. The quantitative estimate of drug-likeness (QED) is 0.558. The van der Waals surface area contributed by atoms with Crippen molar-refractivity contribution in [3.8, 4) is 0 Å². The van der Waals surface area contributed by atoms with Crippen LogP contribution >= 0.6 is 11.6 Å². The number of benzene rings is 3. The van der Waals surface area contributed by atoms with Crippen LogP contribution in [0.25, 0.3) is 0 Å². The van der Waals surface area contributed by atoms with Crippen molar-refractivity contribution in [3.63, 3.8) is 0 Å². The second-order valence-electron chi connectivity index (χ2n) is 7.65. The van der Waals surface area contributed by atoms with Crippen LogP contribution < -0.4 is 10.2 Å². The Morgan fingerprint density at radius 3 is 2.61 bits per heavy atom. The van der Waals surface area contributed by atoms with Crippen LogP contribution in [0.3, 0.4) is 0 Å². The molecule has 1 saturated heterocycles. The Balaban J connectivity index is 1.50. The van der Waals surface area contributed by atoms with E-state index in [1.807, 2.05) is 23.1 Å². The molecule has 1 aliphatic rings. The van der Waals surface area contributed by atoms with E-state index in [1.54, 1.807) is 47.4 Å². The van der Waals surface area contributed by atoms with Gasteiger partial charge in [-0.1, -0.05) is 48.0 Å². The molecule has 0 aromatic heterocycles. The van der Waals surface area contributed by atoms with Crippen LogP contribution in [0.2, 0.25) is 5.02 Å². The van der Waals surface area contributed by atoms with Gasteiger partial charge in [0, 0.05) is 41.6 Å². The molecule has 0 saturated carbocycles. The average Bonchev–Trinajstić information content (AvgIpc) is 2.77. The fraction of sp³-hybridized carbons (Fsp3) is 0.200. The minimum Gasteiger partial charge on any atom is -0.322 e. The van der Waals surface area contributed by atoms with E-state index in [0.717, 1.165) is 24.2 Å². The topological polar surface area (TPSA) is 52.6 Å². The van der Waals surface area contributed by atoms with Gasteiger partial charge in [-0.05, 0) is 60.9 Å². The third-order valence-corrected chi connectivity index (χ3v) is 5.67. The normalized spacial score (nSPS) is 13.9. The highest BCUT2D eigenvalue weighted by Crippen LogP contribution is 2.24. The molecule has 0 atom stereocenters. The number of carbonyl (C=O) groups excluding carboxylic acids is 2. The van der Waals surface area contributed by atoms with Crippen LogP contribution in [0.5, 0.6) is 0 Å². The van der Waals surface area contributed by atoms with Gasteiger partial charge in [-0.25, -0.2) is 4.79 Å². The first-order valence-corrected chi connectivity index (χ1v) is 10.7. The molecule has 1 N–H and O–H groups in total. The lowest BCUT2D eigenvalue weighted by molar-refractivity contribution is 0.102. The zero-order valence-electron chi connectivity index (χ0n) is 17.3. The summed E-state index contributed by atoms with van der Waals surface area (Å²) in [5.74, 6) is -0.245. The highest BCUT2D eigenvalue weighted by molar-refractivity contribution is 6.31. The molecule has 0 spiro atoms. The smallest absolute Gasteiger partial charge is 0.322 e. The van der Waals surface area contributed by atoms with E-state index in [2.05, 4.69) is 24.4 Å². The number of urea groups is 1. The number of amides is 3. The Hall–Kier alpha value is -3.31. The van der Waals surface area contributed by atoms with Crippen molar-refractivity contribution in [2.24, 2.45) is 0 Å². The molecule has 3 amide bonds. The van der Waals surface area contributed by atoms with E-state index in [4.69, 9.17) is 11.6 Å². The molecule has 4 rings (SSSR count). The molecule has 0 aliphatic carbocycles. The molecular formula is C25H24ClN3O2. The molecule has 1 aliphatic heterocycles. The summed E-state index contributed by atoms with van der Waals surface area (Å²) in [5.41, 5.74) is 4.15. The van der Waals surface area contributed by atoms with E-state index in [-0.39, 0.29) is 11.9 Å². The van der Waals surface area contributed by atoms with Crippen molar-refractivity contribution in [2.45, 2.75) is 19.9 Å².